The molecular formula is C20H22Cl2N4. The van der Waals surface area contributed by atoms with Crippen molar-refractivity contribution >= 4 is 34.7 Å². The molecule has 1 aliphatic rings. The molecule has 0 amide bonds. The Hall–Kier alpha value is -1.75. The van der Waals surface area contributed by atoms with E-state index in [9.17, 15) is 0 Å². The van der Waals surface area contributed by atoms with E-state index in [1.165, 1.54) is 0 Å². The molecule has 0 bridgehead atoms. The Balaban J connectivity index is 1.85. The SMILES string of the molecule is Cc1cc(N2CCC(C)(N)CC2)n2ccnc2c1-c1cccc(Cl)c1Cl. The van der Waals surface area contributed by atoms with Crippen molar-refractivity contribution in [3.05, 3.63) is 52.3 Å². The molecule has 6 heteroatoms. The van der Waals surface area contributed by atoms with Gasteiger partial charge in [-0.15, -0.1) is 0 Å². The molecule has 2 N–H and O–H groups in total. The van der Waals surface area contributed by atoms with Gasteiger partial charge in [-0.2, -0.15) is 0 Å². The molecule has 1 saturated heterocycles. The Labute approximate surface area is 163 Å². The highest BCUT2D eigenvalue weighted by Crippen LogP contribution is 2.39. The Morgan fingerprint density at radius 2 is 1.92 bits per heavy atom. The number of rotatable bonds is 2. The van der Waals surface area contributed by atoms with Gasteiger partial charge in [-0.3, -0.25) is 4.40 Å². The number of aromatic nitrogens is 2. The number of benzene rings is 1. The van der Waals surface area contributed by atoms with Crippen LogP contribution in [0.25, 0.3) is 16.8 Å². The number of hydrogen-bond acceptors (Lipinski definition) is 3. The molecule has 4 nitrogen and oxygen atoms in total. The summed E-state index contributed by atoms with van der Waals surface area (Å²) in [6.07, 6.45) is 5.79. The van der Waals surface area contributed by atoms with Crippen LogP contribution in [0.4, 0.5) is 5.82 Å². The molecule has 1 aliphatic heterocycles. The minimum atomic E-state index is -0.0755. The van der Waals surface area contributed by atoms with Crippen molar-refractivity contribution in [2.75, 3.05) is 18.0 Å². The summed E-state index contributed by atoms with van der Waals surface area (Å²) in [6.45, 7) is 6.11. The second-order valence-corrected chi connectivity index (χ2v) is 8.21. The van der Waals surface area contributed by atoms with Gasteiger partial charge in [0.15, 0.2) is 0 Å². The molecule has 0 radical (unpaired) electrons. The highest BCUT2D eigenvalue weighted by Gasteiger charge is 2.27. The Morgan fingerprint density at radius 1 is 1.19 bits per heavy atom. The van der Waals surface area contributed by atoms with Gasteiger partial charge < -0.3 is 10.6 Å². The van der Waals surface area contributed by atoms with Crippen LogP contribution in [0.3, 0.4) is 0 Å². The summed E-state index contributed by atoms with van der Waals surface area (Å²) < 4.78 is 2.14. The molecule has 1 fully saturated rings. The van der Waals surface area contributed by atoms with E-state index in [4.69, 9.17) is 28.9 Å². The van der Waals surface area contributed by atoms with Crippen LogP contribution in [0.5, 0.6) is 0 Å². The van der Waals surface area contributed by atoms with Crippen molar-refractivity contribution < 1.29 is 0 Å². The smallest absolute Gasteiger partial charge is 0.146 e. The van der Waals surface area contributed by atoms with E-state index in [2.05, 4.69) is 34.2 Å². The van der Waals surface area contributed by atoms with Crippen LogP contribution in [-0.2, 0) is 0 Å². The number of imidazole rings is 1. The molecule has 3 aromatic rings. The summed E-state index contributed by atoms with van der Waals surface area (Å²) in [6, 6.07) is 7.92. The molecular weight excluding hydrogens is 367 g/mol. The third-order valence-electron chi connectivity index (χ3n) is 5.30. The zero-order chi connectivity index (χ0) is 18.5. The molecule has 1 aromatic carbocycles. The standard InChI is InChI=1S/C20H22Cl2N4/c1-13-12-16(25-9-6-20(2,23)7-10-25)26-11-8-24-19(26)17(13)14-4-3-5-15(21)18(14)22/h3-5,8,11-12H,6-7,9-10,23H2,1-2H3. The van der Waals surface area contributed by atoms with Crippen molar-refractivity contribution in [3.63, 3.8) is 0 Å². The van der Waals surface area contributed by atoms with E-state index in [0.29, 0.717) is 10.0 Å². The van der Waals surface area contributed by atoms with Crippen LogP contribution in [-0.4, -0.2) is 28.0 Å². The van der Waals surface area contributed by atoms with Gasteiger partial charge in [0.2, 0.25) is 0 Å². The van der Waals surface area contributed by atoms with Crippen molar-refractivity contribution in [1.82, 2.24) is 9.38 Å². The predicted octanol–water partition coefficient (Wildman–Crippen LogP) is 4.93. The number of aryl methyl sites for hydroxylation is 1. The fraction of sp³-hybridized carbons (Fsp3) is 0.350. The van der Waals surface area contributed by atoms with E-state index in [1.54, 1.807) is 6.07 Å². The van der Waals surface area contributed by atoms with Gasteiger partial charge in [-0.25, -0.2) is 4.98 Å². The van der Waals surface area contributed by atoms with Crippen LogP contribution in [0.1, 0.15) is 25.3 Å². The lowest BCUT2D eigenvalue weighted by Gasteiger charge is -2.38. The maximum absolute atomic E-state index is 6.49. The number of piperidine rings is 1. The van der Waals surface area contributed by atoms with Gasteiger partial charge in [0.1, 0.15) is 11.5 Å². The van der Waals surface area contributed by atoms with Gasteiger partial charge >= 0.3 is 0 Å². The highest BCUT2D eigenvalue weighted by molar-refractivity contribution is 6.43. The Bertz CT molecular complexity index is 967. The van der Waals surface area contributed by atoms with Crippen molar-refractivity contribution in [3.8, 4) is 11.1 Å². The number of fused-ring (bicyclic) bond motifs is 1. The minimum Gasteiger partial charge on any atom is -0.358 e. The molecule has 0 saturated carbocycles. The van der Waals surface area contributed by atoms with Gasteiger partial charge in [-0.05, 0) is 44.4 Å². The normalized spacial score (nSPS) is 17.0. The number of hydrogen-bond donors (Lipinski definition) is 1. The molecule has 0 spiro atoms. The third kappa shape index (κ3) is 2.96. The van der Waals surface area contributed by atoms with Crippen LogP contribution in [0.2, 0.25) is 10.0 Å². The lowest BCUT2D eigenvalue weighted by molar-refractivity contribution is 0.362. The first-order valence-electron chi connectivity index (χ1n) is 8.82. The average Bonchev–Trinajstić information content (AvgIpc) is 3.07. The zero-order valence-electron chi connectivity index (χ0n) is 15.0. The average molecular weight is 389 g/mol. The number of halogens is 2. The number of pyridine rings is 1. The number of nitrogens with zero attached hydrogens (tertiary/aromatic N) is 3. The molecule has 3 heterocycles. The van der Waals surface area contributed by atoms with E-state index in [0.717, 1.165) is 54.1 Å². The van der Waals surface area contributed by atoms with E-state index >= 15 is 0 Å². The first-order valence-corrected chi connectivity index (χ1v) is 9.58. The Kier molecular flexibility index (Phi) is 4.38. The lowest BCUT2D eigenvalue weighted by Crippen LogP contribution is -2.48. The maximum atomic E-state index is 6.49. The largest absolute Gasteiger partial charge is 0.358 e. The first-order chi connectivity index (χ1) is 12.4. The van der Waals surface area contributed by atoms with Gasteiger partial charge in [-0.1, -0.05) is 35.3 Å². The van der Waals surface area contributed by atoms with Gasteiger partial charge in [0.25, 0.3) is 0 Å². The van der Waals surface area contributed by atoms with Crippen LogP contribution in [0.15, 0.2) is 36.7 Å². The molecule has 0 aliphatic carbocycles. The predicted molar refractivity (Wildman–Crippen MR) is 109 cm³/mol. The van der Waals surface area contributed by atoms with E-state index in [1.807, 2.05) is 24.5 Å². The fourth-order valence-corrected chi connectivity index (χ4v) is 4.10. The minimum absolute atomic E-state index is 0.0755. The fourth-order valence-electron chi connectivity index (χ4n) is 3.71. The molecule has 2 aromatic heterocycles. The van der Waals surface area contributed by atoms with Gasteiger partial charge in [0.05, 0.1) is 10.0 Å². The van der Waals surface area contributed by atoms with Crippen molar-refractivity contribution in [2.24, 2.45) is 5.73 Å². The topological polar surface area (TPSA) is 46.6 Å². The highest BCUT2D eigenvalue weighted by atomic mass is 35.5. The zero-order valence-corrected chi connectivity index (χ0v) is 16.5. The monoisotopic (exact) mass is 388 g/mol. The molecule has 4 rings (SSSR count). The van der Waals surface area contributed by atoms with E-state index < -0.39 is 0 Å². The first kappa shape index (κ1) is 17.7. The molecule has 0 unspecified atom stereocenters. The van der Waals surface area contributed by atoms with Crippen molar-refractivity contribution in [2.45, 2.75) is 32.2 Å². The van der Waals surface area contributed by atoms with Gasteiger partial charge in [0, 0.05) is 42.1 Å². The third-order valence-corrected chi connectivity index (χ3v) is 6.12. The second kappa shape index (κ2) is 6.45. The number of nitrogens with two attached hydrogens (primary N) is 1. The summed E-state index contributed by atoms with van der Waals surface area (Å²) in [5, 5.41) is 1.11. The summed E-state index contributed by atoms with van der Waals surface area (Å²) in [5.41, 5.74) is 10.2. The second-order valence-electron chi connectivity index (χ2n) is 7.42. The maximum Gasteiger partial charge on any atom is 0.146 e. The summed E-state index contributed by atoms with van der Waals surface area (Å²) in [7, 11) is 0. The summed E-state index contributed by atoms with van der Waals surface area (Å²) in [4.78, 5) is 7.01. The lowest BCUT2D eigenvalue weighted by atomic mass is 9.91. The number of anilines is 1. The Morgan fingerprint density at radius 3 is 2.65 bits per heavy atom. The van der Waals surface area contributed by atoms with Crippen LogP contribution < -0.4 is 10.6 Å². The van der Waals surface area contributed by atoms with Crippen LogP contribution in [0, 0.1) is 6.92 Å². The van der Waals surface area contributed by atoms with E-state index in [-0.39, 0.29) is 5.54 Å². The van der Waals surface area contributed by atoms with Crippen LogP contribution >= 0.6 is 23.2 Å². The van der Waals surface area contributed by atoms with Crippen molar-refractivity contribution in [1.29, 1.82) is 0 Å². The molecule has 26 heavy (non-hydrogen) atoms. The molecule has 0 atom stereocenters. The summed E-state index contributed by atoms with van der Waals surface area (Å²) >= 11 is 12.7. The molecule has 136 valence electrons. The summed E-state index contributed by atoms with van der Waals surface area (Å²) in [5.74, 6) is 1.15. The quantitative estimate of drug-likeness (QED) is 0.676.